The minimum Gasteiger partial charge on any atom is -0.347 e. The van der Waals surface area contributed by atoms with Crippen LogP contribution in [0.5, 0.6) is 0 Å². The Morgan fingerprint density at radius 1 is 0.892 bits per heavy atom. The second-order valence-electron chi connectivity index (χ2n) is 9.27. The average Bonchev–Trinajstić information content (AvgIpc) is 2.89. The second kappa shape index (κ2) is 13.2. The van der Waals surface area contributed by atoms with Crippen molar-refractivity contribution in [2.75, 3.05) is 18.0 Å². The normalized spacial score (nSPS) is 12.9. The van der Waals surface area contributed by atoms with Gasteiger partial charge >= 0.3 is 0 Å². The highest BCUT2D eigenvalue weighted by Crippen LogP contribution is 2.32. The fourth-order valence-electron chi connectivity index (χ4n) is 3.93. The number of nitrogens with one attached hydrogen (secondary N) is 3. The number of benzene rings is 2. The summed E-state index contributed by atoms with van der Waals surface area (Å²) in [6, 6.07) is 15.6. The molecule has 0 radical (unpaired) electrons. The van der Waals surface area contributed by atoms with Gasteiger partial charge in [-0.2, -0.15) is 0 Å². The van der Waals surface area contributed by atoms with Gasteiger partial charge in [-0.3, -0.25) is 14.4 Å². The van der Waals surface area contributed by atoms with Gasteiger partial charge in [0.2, 0.25) is 17.7 Å². The number of amides is 3. The molecule has 0 fully saturated rings. The van der Waals surface area contributed by atoms with E-state index in [-0.39, 0.29) is 31.3 Å². The molecule has 0 saturated carbocycles. The number of allylic oxidation sites excluding steroid dienone is 1. The monoisotopic (exact) mass is 502 g/mol. The smallest absolute Gasteiger partial charge is 0.239 e. The third kappa shape index (κ3) is 7.90. The zero-order valence-electron chi connectivity index (χ0n) is 21.3. The second-order valence-corrected chi connectivity index (χ2v) is 9.27. The third-order valence-electron chi connectivity index (χ3n) is 6.16. The van der Waals surface area contributed by atoms with Crippen molar-refractivity contribution in [1.82, 2.24) is 16.0 Å². The van der Waals surface area contributed by atoms with Gasteiger partial charge in [-0.1, -0.05) is 75.0 Å². The van der Waals surface area contributed by atoms with E-state index in [2.05, 4.69) is 51.7 Å². The molecule has 0 aromatic heterocycles. The van der Waals surface area contributed by atoms with Crippen LogP contribution in [-0.2, 0) is 25.7 Å². The van der Waals surface area contributed by atoms with Crippen LogP contribution in [0.15, 0.2) is 60.8 Å². The lowest BCUT2D eigenvalue weighted by molar-refractivity contribution is -0.128. The van der Waals surface area contributed by atoms with Gasteiger partial charge in [-0.05, 0) is 35.1 Å². The highest BCUT2D eigenvalue weighted by molar-refractivity contribution is 5.89. The Labute approximate surface area is 217 Å². The molecule has 0 unspecified atom stereocenters. The van der Waals surface area contributed by atoms with E-state index in [1.807, 2.05) is 50.2 Å². The number of para-hydroxylation sites is 1. The van der Waals surface area contributed by atoms with E-state index in [1.54, 1.807) is 0 Å². The first-order valence-corrected chi connectivity index (χ1v) is 12.4. The lowest BCUT2D eigenvalue weighted by atomic mass is 10.00. The van der Waals surface area contributed by atoms with Crippen LogP contribution in [0.2, 0.25) is 0 Å². The van der Waals surface area contributed by atoms with E-state index < -0.39 is 17.9 Å². The summed E-state index contributed by atoms with van der Waals surface area (Å²) in [6.45, 7) is 7.99. The molecule has 0 saturated heterocycles. The van der Waals surface area contributed by atoms with Crippen molar-refractivity contribution >= 4 is 41.8 Å². The quantitative estimate of drug-likeness (QED) is 0.410. The van der Waals surface area contributed by atoms with Crippen molar-refractivity contribution < 1.29 is 19.2 Å². The summed E-state index contributed by atoms with van der Waals surface area (Å²) in [5.41, 5.74) is 5.18. The first-order chi connectivity index (χ1) is 17.8. The molecule has 1 atom stereocenters. The van der Waals surface area contributed by atoms with Crippen LogP contribution >= 0.6 is 0 Å². The molecule has 2 aromatic carbocycles. The molecule has 2 aromatic rings. The number of rotatable bonds is 11. The van der Waals surface area contributed by atoms with Crippen molar-refractivity contribution in [3.8, 4) is 0 Å². The summed E-state index contributed by atoms with van der Waals surface area (Å²) in [5, 5.41) is 7.57. The standard InChI is InChI=1S/C29H34N4O4/c1-20(2)25(19-34)32-29(37)17-31-28(36)16-30-27(35)15-12-21(3)33-18-24-10-5-4-8-22(24)13-14-23-9-6-7-11-26(23)33/h4-11,13-14,19-20,25H,3,12,15-18H2,1-2H3,(H,30,35)(H,31,36)(H,32,37)/t25-/m1/s1. The van der Waals surface area contributed by atoms with Crippen LogP contribution in [-0.4, -0.2) is 43.1 Å². The summed E-state index contributed by atoms with van der Waals surface area (Å²) in [5.74, 6) is -1.30. The molecule has 0 spiro atoms. The van der Waals surface area contributed by atoms with Crippen molar-refractivity contribution in [2.24, 2.45) is 5.92 Å². The molecular formula is C29H34N4O4. The molecule has 1 aliphatic heterocycles. The first kappa shape index (κ1) is 27.4. The predicted octanol–water partition coefficient (Wildman–Crippen LogP) is 3.04. The maximum Gasteiger partial charge on any atom is 0.239 e. The molecule has 3 amide bonds. The fraction of sp³-hybridized carbons (Fsp3) is 0.310. The Kier molecular flexibility index (Phi) is 9.77. The van der Waals surface area contributed by atoms with Crippen LogP contribution in [0.25, 0.3) is 12.2 Å². The minimum atomic E-state index is -0.609. The Hall–Kier alpha value is -4.20. The van der Waals surface area contributed by atoms with Crippen molar-refractivity contribution in [1.29, 1.82) is 0 Å². The van der Waals surface area contributed by atoms with Crippen molar-refractivity contribution in [3.63, 3.8) is 0 Å². The summed E-state index contributed by atoms with van der Waals surface area (Å²) in [7, 11) is 0. The Morgan fingerprint density at radius 3 is 2.24 bits per heavy atom. The lowest BCUT2D eigenvalue weighted by Gasteiger charge is -2.30. The van der Waals surface area contributed by atoms with Gasteiger partial charge in [0.25, 0.3) is 0 Å². The summed E-state index contributed by atoms with van der Waals surface area (Å²) in [6.07, 6.45) is 5.44. The highest BCUT2D eigenvalue weighted by atomic mass is 16.2. The predicted molar refractivity (Wildman–Crippen MR) is 145 cm³/mol. The molecule has 3 N–H and O–H groups in total. The lowest BCUT2D eigenvalue weighted by Crippen LogP contribution is -2.46. The summed E-state index contributed by atoms with van der Waals surface area (Å²) in [4.78, 5) is 49.5. The van der Waals surface area contributed by atoms with Crippen LogP contribution in [0.4, 0.5) is 5.69 Å². The van der Waals surface area contributed by atoms with Gasteiger partial charge < -0.3 is 25.6 Å². The molecule has 1 aliphatic rings. The van der Waals surface area contributed by atoms with E-state index in [1.165, 1.54) is 0 Å². The van der Waals surface area contributed by atoms with E-state index in [4.69, 9.17) is 0 Å². The van der Waals surface area contributed by atoms with Crippen LogP contribution in [0.1, 0.15) is 43.4 Å². The maximum atomic E-state index is 12.4. The molecule has 3 rings (SSSR count). The minimum absolute atomic E-state index is 0.0513. The van der Waals surface area contributed by atoms with Gasteiger partial charge in [-0.15, -0.1) is 0 Å². The summed E-state index contributed by atoms with van der Waals surface area (Å²) >= 11 is 0. The van der Waals surface area contributed by atoms with Gasteiger partial charge in [0.05, 0.1) is 19.1 Å². The molecule has 8 heteroatoms. The number of hydrogen-bond acceptors (Lipinski definition) is 5. The number of aldehydes is 1. The SMILES string of the molecule is C=C(CCC(=O)NCC(=O)NCC(=O)N[C@H](C=O)C(C)C)N1Cc2ccccc2C=Cc2ccccc21. The molecule has 194 valence electrons. The van der Waals surface area contributed by atoms with Crippen LogP contribution in [0, 0.1) is 5.92 Å². The number of anilines is 1. The number of carbonyl (C=O) groups excluding carboxylic acids is 4. The van der Waals surface area contributed by atoms with Crippen molar-refractivity contribution in [2.45, 2.75) is 39.3 Å². The summed E-state index contributed by atoms with van der Waals surface area (Å²) < 4.78 is 0. The molecule has 1 heterocycles. The molecule has 0 aliphatic carbocycles. The van der Waals surface area contributed by atoms with Gasteiger partial charge in [-0.25, -0.2) is 0 Å². The topological polar surface area (TPSA) is 108 Å². The van der Waals surface area contributed by atoms with E-state index in [0.29, 0.717) is 19.3 Å². The largest absolute Gasteiger partial charge is 0.347 e. The van der Waals surface area contributed by atoms with E-state index in [9.17, 15) is 19.2 Å². The molecule has 0 bridgehead atoms. The van der Waals surface area contributed by atoms with E-state index >= 15 is 0 Å². The van der Waals surface area contributed by atoms with Crippen molar-refractivity contribution in [3.05, 3.63) is 77.5 Å². The number of nitrogens with zero attached hydrogens (tertiary/aromatic N) is 1. The highest BCUT2D eigenvalue weighted by Gasteiger charge is 2.19. The maximum absolute atomic E-state index is 12.4. The Bertz CT molecular complexity index is 1190. The zero-order valence-corrected chi connectivity index (χ0v) is 21.3. The van der Waals surface area contributed by atoms with Gasteiger partial charge in [0.1, 0.15) is 6.29 Å². The Morgan fingerprint density at radius 2 is 1.51 bits per heavy atom. The van der Waals surface area contributed by atoms with Crippen LogP contribution in [0.3, 0.4) is 0 Å². The van der Waals surface area contributed by atoms with Gasteiger partial charge in [0.15, 0.2) is 0 Å². The van der Waals surface area contributed by atoms with Crippen LogP contribution < -0.4 is 20.9 Å². The number of fused-ring (bicyclic) bond motifs is 2. The third-order valence-corrected chi connectivity index (χ3v) is 6.16. The molecule has 8 nitrogen and oxygen atoms in total. The molecule has 37 heavy (non-hydrogen) atoms. The first-order valence-electron chi connectivity index (χ1n) is 12.4. The Balaban J connectivity index is 1.50. The van der Waals surface area contributed by atoms with Gasteiger partial charge in [0, 0.05) is 24.4 Å². The number of hydrogen-bond donors (Lipinski definition) is 3. The zero-order chi connectivity index (χ0) is 26.8. The molecular weight excluding hydrogens is 468 g/mol. The fourth-order valence-corrected chi connectivity index (χ4v) is 3.93. The number of carbonyl (C=O) groups is 4. The average molecular weight is 503 g/mol. The van der Waals surface area contributed by atoms with E-state index in [0.717, 1.165) is 28.1 Å².